The van der Waals surface area contributed by atoms with E-state index in [9.17, 15) is 0 Å². The number of nitrogens with one attached hydrogen (secondary N) is 1. The van der Waals surface area contributed by atoms with Crippen LogP contribution < -0.4 is 10.5 Å². The molecule has 1 heterocycles. The standard InChI is InChI=1S/C15H23N3O/c1-10-8-11(2)18-15(13(10)14(16)17)19-9-12-6-4-3-5-7-12/h8,12H,3-7,9H2,1-2H3,(H3,16,17). The van der Waals surface area contributed by atoms with Crippen LogP contribution in [0.25, 0.3) is 0 Å². The molecule has 1 aromatic heterocycles. The van der Waals surface area contributed by atoms with E-state index in [0.717, 1.165) is 11.3 Å². The van der Waals surface area contributed by atoms with Crippen molar-refractivity contribution in [3.05, 3.63) is 22.9 Å². The van der Waals surface area contributed by atoms with E-state index in [2.05, 4.69) is 4.98 Å². The Balaban J connectivity index is 2.12. The number of aryl methyl sites for hydroxylation is 2. The highest BCUT2D eigenvalue weighted by Gasteiger charge is 2.17. The monoisotopic (exact) mass is 261 g/mol. The van der Waals surface area contributed by atoms with Crippen LogP contribution in [-0.2, 0) is 0 Å². The normalized spacial score (nSPS) is 16.3. The van der Waals surface area contributed by atoms with Crippen molar-refractivity contribution in [2.45, 2.75) is 46.0 Å². The Morgan fingerprint density at radius 2 is 2.05 bits per heavy atom. The lowest BCUT2D eigenvalue weighted by Crippen LogP contribution is -2.20. The zero-order chi connectivity index (χ0) is 13.8. The van der Waals surface area contributed by atoms with Crippen LogP contribution >= 0.6 is 0 Å². The highest BCUT2D eigenvalue weighted by atomic mass is 16.5. The summed E-state index contributed by atoms with van der Waals surface area (Å²) in [7, 11) is 0. The fourth-order valence-electron chi connectivity index (χ4n) is 2.79. The molecule has 0 spiro atoms. The van der Waals surface area contributed by atoms with Crippen LogP contribution in [0.1, 0.15) is 48.9 Å². The molecule has 0 saturated heterocycles. The maximum Gasteiger partial charge on any atom is 0.225 e. The number of pyridine rings is 1. The van der Waals surface area contributed by atoms with Crippen molar-refractivity contribution in [2.24, 2.45) is 11.7 Å². The molecule has 0 aromatic carbocycles. The van der Waals surface area contributed by atoms with Crippen molar-refractivity contribution >= 4 is 5.84 Å². The molecule has 1 saturated carbocycles. The number of aromatic nitrogens is 1. The first-order valence-corrected chi connectivity index (χ1v) is 7.03. The predicted molar refractivity (Wildman–Crippen MR) is 76.8 cm³/mol. The molecule has 0 aliphatic heterocycles. The van der Waals surface area contributed by atoms with Crippen LogP contribution in [0.2, 0.25) is 0 Å². The van der Waals surface area contributed by atoms with Crippen LogP contribution in [0.5, 0.6) is 5.88 Å². The molecule has 104 valence electrons. The van der Waals surface area contributed by atoms with Crippen LogP contribution in [0.4, 0.5) is 0 Å². The molecule has 4 heteroatoms. The van der Waals surface area contributed by atoms with Gasteiger partial charge < -0.3 is 10.5 Å². The summed E-state index contributed by atoms with van der Waals surface area (Å²) < 4.78 is 5.87. The second kappa shape index (κ2) is 6.04. The summed E-state index contributed by atoms with van der Waals surface area (Å²) in [6.07, 6.45) is 6.42. The molecule has 19 heavy (non-hydrogen) atoms. The summed E-state index contributed by atoms with van der Waals surface area (Å²) in [6, 6.07) is 1.93. The summed E-state index contributed by atoms with van der Waals surface area (Å²) >= 11 is 0. The number of ether oxygens (including phenoxy) is 1. The summed E-state index contributed by atoms with van der Waals surface area (Å²) in [4.78, 5) is 4.40. The zero-order valence-corrected chi connectivity index (χ0v) is 11.8. The van der Waals surface area contributed by atoms with Gasteiger partial charge in [0.15, 0.2) is 0 Å². The second-order valence-corrected chi connectivity index (χ2v) is 5.49. The van der Waals surface area contributed by atoms with E-state index >= 15 is 0 Å². The molecule has 4 nitrogen and oxygen atoms in total. The van der Waals surface area contributed by atoms with E-state index in [1.165, 1.54) is 32.1 Å². The summed E-state index contributed by atoms with van der Waals surface area (Å²) in [5.41, 5.74) is 8.14. The topological polar surface area (TPSA) is 72.0 Å². The van der Waals surface area contributed by atoms with Gasteiger partial charge in [-0.1, -0.05) is 19.3 Å². The Morgan fingerprint density at radius 3 is 2.68 bits per heavy atom. The molecular formula is C15H23N3O. The molecule has 3 N–H and O–H groups in total. The molecule has 0 radical (unpaired) electrons. The van der Waals surface area contributed by atoms with Gasteiger partial charge in [0.1, 0.15) is 5.84 Å². The van der Waals surface area contributed by atoms with Gasteiger partial charge in [-0.05, 0) is 44.2 Å². The number of hydrogen-bond acceptors (Lipinski definition) is 3. The first-order chi connectivity index (χ1) is 9.08. The fraction of sp³-hybridized carbons (Fsp3) is 0.600. The van der Waals surface area contributed by atoms with E-state index in [1.807, 2.05) is 19.9 Å². The van der Waals surface area contributed by atoms with Crippen LogP contribution in [0, 0.1) is 25.2 Å². The van der Waals surface area contributed by atoms with Crippen molar-refractivity contribution in [1.29, 1.82) is 5.41 Å². The van der Waals surface area contributed by atoms with Gasteiger partial charge in [-0.3, -0.25) is 5.41 Å². The predicted octanol–water partition coefficient (Wildman–Crippen LogP) is 2.94. The Hall–Kier alpha value is -1.58. The second-order valence-electron chi connectivity index (χ2n) is 5.49. The molecule has 0 amide bonds. The van der Waals surface area contributed by atoms with Gasteiger partial charge >= 0.3 is 0 Å². The van der Waals surface area contributed by atoms with Gasteiger partial charge in [0.05, 0.1) is 12.2 Å². The molecule has 2 rings (SSSR count). The average molecular weight is 261 g/mol. The number of nitrogens with two attached hydrogens (primary N) is 1. The third kappa shape index (κ3) is 3.46. The smallest absolute Gasteiger partial charge is 0.225 e. The number of nitrogen functional groups attached to an aromatic ring is 1. The maximum absolute atomic E-state index is 7.67. The number of rotatable bonds is 4. The summed E-state index contributed by atoms with van der Waals surface area (Å²) in [5.74, 6) is 1.18. The highest BCUT2D eigenvalue weighted by Crippen LogP contribution is 2.26. The Labute approximate surface area is 114 Å². The maximum atomic E-state index is 7.67. The minimum absolute atomic E-state index is 0.0312. The van der Waals surface area contributed by atoms with Crippen molar-refractivity contribution in [3.63, 3.8) is 0 Å². The Bertz CT molecular complexity index is 465. The minimum atomic E-state index is 0.0312. The first kappa shape index (κ1) is 13.8. The summed E-state index contributed by atoms with van der Waals surface area (Å²) in [5, 5.41) is 7.67. The van der Waals surface area contributed by atoms with E-state index in [1.54, 1.807) is 0 Å². The van der Waals surface area contributed by atoms with Gasteiger partial charge in [-0.25, -0.2) is 4.98 Å². The summed E-state index contributed by atoms with van der Waals surface area (Å²) in [6.45, 7) is 4.57. The lowest BCUT2D eigenvalue weighted by molar-refractivity contribution is 0.202. The van der Waals surface area contributed by atoms with Crippen LogP contribution in [0.3, 0.4) is 0 Å². The largest absolute Gasteiger partial charge is 0.477 e. The molecule has 1 aliphatic carbocycles. The first-order valence-electron chi connectivity index (χ1n) is 7.03. The van der Waals surface area contributed by atoms with Crippen molar-refractivity contribution < 1.29 is 4.74 Å². The molecule has 1 aromatic rings. The number of nitrogens with zero attached hydrogens (tertiary/aromatic N) is 1. The molecule has 0 unspecified atom stereocenters. The SMILES string of the molecule is Cc1cc(C)c(C(=N)N)c(OCC2CCCCC2)n1. The number of hydrogen-bond donors (Lipinski definition) is 2. The van der Waals surface area contributed by atoms with E-state index in [4.69, 9.17) is 15.9 Å². The third-order valence-corrected chi connectivity index (χ3v) is 3.76. The minimum Gasteiger partial charge on any atom is -0.477 e. The fourth-order valence-corrected chi connectivity index (χ4v) is 2.79. The molecule has 0 atom stereocenters. The van der Waals surface area contributed by atoms with Gasteiger partial charge in [0.2, 0.25) is 5.88 Å². The Kier molecular flexibility index (Phi) is 4.40. The lowest BCUT2D eigenvalue weighted by atomic mass is 9.90. The third-order valence-electron chi connectivity index (χ3n) is 3.76. The number of amidine groups is 1. The van der Waals surface area contributed by atoms with E-state index in [0.29, 0.717) is 24.0 Å². The zero-order valence-electron chi connectivity index (χ0n) is 11.8. The molecular weight excluding hydrogens is 238 g/mol. The highest BCUT2D eigenvalue weighted by molar-refractivity contribution is 5.98. The van der Waals surface area contributed by atoms with Crippen LogP contribution in [0.15, 0.2) is 6.07 Å². The van der Waals surface area contributed by atoms with Crippen LogP contribution in [-0.4, -0.2) is 17.4 Å². The average Bonchev–Trinajstić information content (AvgIpc) is 2.36. The van der Waals surface area contributed by atoms with Gasteiger partial charge in [-0.15, -0.1) is 0 Å². The lowest BCUT2D eigenvalue weighted by Gasteiger charge is -2.22. The van der Waals surface area contributed by atoms with Gasteiger partial charge in [-0.2, -0.15) is 0 Å². The van der Waals surface area contributed by atoms with E-state index in [-0.39, 0.29) is 5.84 Å². The van der Waals surface area contributed by atoms with Crippen molar-refractivity contribution in [3.8, 4) is 5.88 Å². The quantitative estimate of drug-likeness (QED) is 0.646. The molecule has 1 aliphatic rings. The van der Waals surface area contributed by atoms with Gasteiger partial charge in [0, 0.05) is 5.69 Å². The molecule has 0 bridgehead atoms. The van der Waals surface area contributed by atoms with Crippen molar-refractivity contribution in [2.75, 3.05) is 6.61 Å². The Morgan fingerprint density at radius 1 is 1.37 bits per heavy atom. The van der Waals surface area contributed by atoms with Crippen molar-refractivity contribution in [1.82, 2.24) is 4.98 Å². The van der Waals surface area contributed by atoms with Gasteiger partial charge in [0.25, 0.3) is 0 Å². The molecule has 1 fully saturated rings. The van der Waals surface area contributed by atoms with E-state index < -0.39 is 0 Å².